The number of nitrogens with one attached hydrogen (secondary N) is 1. The smallest absolute Gasteiger partial charge is 0.258 e. The van der Waals surface area contributed by atoms with Gasteiger partial charge in [-0.2, -0.15) is 0 Å². The van der Waals surface area contributed by atoms with Gasteiger partial charge < -0.3 is 24.4 Å². The van der Waals surface area contributed by atoms with Crippen molar-refractivity contribution >= 4 is 17.5 Å². The van der Waals surface area contributed by atoms with Crippen LogP contribution in [0.4, 0.5) is 5.69 Å². The minimum Gasteiger partial charge on any atom is -0.497 e. The van der Waals surface area contributed by atoms with Crippen LogP contribution in [-0.2, 0) is 24.2 Å². The van der Waals surface area contributed by atoms with Crippen molar-refractivity contribution in [3.63, 3.8) is 0 Å². The first-order valence-corrected chi connectivity index (χ1v) is 11.5. The Morgan fingerprint density at radius 1 is 0.886 bits per heavy atom. The van der Waals surface area contributed by atoms with E-state index in [0.29, 0.717) is 29.4 Å². The Kier molecular flexibility index (Phi) is 7.25. The van der Waals surface area contributed by atoms with Crippen molar-refractivity contribution < 1.29 is 23.8 Å². The molecule has 1 heterocycles. The van der Waals surface area contributed by atoms with Crippen LogP contribution in [0.15, 0.2) is 60.7 Å². The molecule has 35 heavy (non-hydrogen) atoms. The van der Waals surface area contributed by atoms with Gasteiger partial charge in [-0.15, -0.1) is 0 Å². The second kappa shape index (κ2) is 10.5. The van der Waals surface area contributed by atoms with Gasteiger partial charge in [0.05, 0.1) is 27.8 Å². The maximum Gasteiger partial charge on any atom is 0.258 e. The third kappa shape index (κ3) is 5.24. The molecule has 1 N–H and O–H groups in total. The van der Waals surface area contributed by atoms with Crippen LogP contribution in [0.1, 0.15) is 34.0 Å². The molecule has 1 aliphatic rings. The van der Waals surface area contributed by atoms with E-state index >= 15 is 0 Å². The highest BCUT2D eigenvalue weighted by molar-refractivity contribution is 6.07. The van der Waals surface area contributed by atoms with Gasteiger partial charge in [0, 0.05) is 23.8 Å². The fourth-order valence-electron chi connectivity index (χ4n) is 4.38. The molecule has 4 rings (SSSR count). The van der Waals surface area contributed by atoms with Gasteiger partial charge in [-0.05, 0) is 72.5 Å². The fraction of sp³-hybridized carbons (Fsp3) is 0.286. The lowest BCUT2D eigenvalue weighted by atomic mass is 10.1. The third-order valence-electron chi connectivity index (χ3n) is 6.22. The molecule has 0 aromatic heterocycles. The van der Waals surface area contributed by atoms with Crippen molar-refractivity contribution in [3.8, 4) is 17.2 Å². The van der Waals surface area contributed by atoms with E-state index in [1.165, 1.54) is 0 Å². The number of carbonyl (C=O) groups is 2. The van der Waals surface area contributed by atoms with Crippen LogP contribution < -0.4 is 24.4 Å². The Bertz CT molecular complexity index is 1220. The summed E-state index contributed by atoms with van der Waals surface area (Å²) in [5.41, 5.74) is 4.40. The Morgan fingerprint density at radius 2 is 1.60 bits per heavy atom. The highest BCUT2D eigenvalue weighted by atomic mass is 16.5. The number of rotatable bonds is 8. The summed E-state index contributed by atoms with van der Waals surface area (Å²) in [6, 6.07) is 18.7. The predicted molar refractivity (Wildman–Crippen MR) is 135 cm³/mol. The van der Waals surface area contributed by atoms with Gasteiger partial charge in [0.2, 0.25) is 5.91 Å². The van der Waals surface area contributed by atoms with E-state index in [-0.39, 0.29) is 24.3 Å². The van der Waals surface area contributed by atoms with Gasteiger partial charge >= 0.3 is 0 Å². The van der Waals surface area contributed by atoms with E-state index in [1.807, 2.05) is 36.1 Å². The highest BCUT2D eigenvalue weighted by Crippen LogP contribution is 2.34. The van der Waals surface area contributed by atoms with Crippen molar-refractivity contribution in [3.05, 3.63) is 82.9 Å². The second-order valence-corrected chi connectivity index (χ2v) is 8.56. The van der Waals surface area contributed by atoms with Gasteiger partial charge in [-0.25, -0.2) is 0 Å². The molecule has 0 aliphatic carbocycles. The summed E-state index contributed by atoms with van der Waals surface area (Å²) < 4.78 is 15.8. The molecular formula is C28H30N2O5. The van der Waals surface area contributed by atoms with E-state index in [2.05, 4.69) is 5.32 Å². The Balaban J connectivity index is 1.44. The highest BCUT2D eigenvalue weighted by Gasteiger charge is 2.31. The largest absolute Gasteiger partial charge is 0.497 e. The van der Waals surface area contributed by atoms with Crippen LogP contribution in [0.25, 0.3) is 0 Å². The van der Waals surface area contributed by atoms with Crippen LogP contribution in [0.3, 0.4) is 0 Å². The quantitative estimate of drug-likeness (QED) is 0.531. The summed E-state index contributed by atoms with van der Waals surface area (Å²) >= 11 is 0. The van der Waals surface area contributed by atoms with Gasteiger partial charge in [0.25, 0.3) is 5.91 Å². The van der Waals surface area contributed by atoms with E-state index in [1.54, 1.807) is 57.7 Å². The number of benzene rings is 3. The zero-order valence-corrected chi connectivity index (χ0v) is 20.5. The van der Waals surface area contributed by atoms with E-state index in [0.717, 1.165) is 28.8 Å². The number of hydrogen-bond acceptors (Lipinski definition) is 5. The van der Waals surface area contributed by atoms with Crippen LogP contribution in [0, 0.1) is 0 Å². The topological polar surface area (TPSA) is 77.1 Å². The molecule has 182 valence electrons. The summed E-state index contributed by atoms with van der Waals surface area (Å²) in [6.07, 6.45) is 1.02. The predicted octanol–water partition coefficient (Wildman–Crippen LogP) is 4.16. The average Bonchev–Trinajstić information content (AvgIpc) is 3.21. The first kappa shape index (κ1) is 24.1. The van der Waals surface area contributed by atoms with Gasteiger partial charge in [-0.1, -0.05) is 18.2 Å². The molecule has 1 unspecified atom stereocenters. The normalized spacial score (nSPS) is 14.3. The van der Waals surface area contributed by atoms with Gasteiger partial charge in [-0.3, -0.25) is 9.59 Å². The SMILES string of the molecule is COc1ccc(C(=O)N2c3cc(CNC(=O)Cc4ccc(OC)c(OC)c4)ccc3CC2C)cc1. The first-order chi connectivity index (χ1) is 16.9. The summed E-state index contributed by atoms with van der Waals surface area (Å²) in [5.74, 6) is 1.78. The molecule has 0 fully saturated rings. The second-order valence-electron chi connectivity index (χ2n) is 8.56. The number of nitrogens with zero attached hydrogens (tertiary/aromatic N) is 1. The zero-order chi connectivity index (χ0) is 24.9. The van der Waals surface area contributed by atoms with Crippen molar-refractivity contribution in [1.82, 2.24) is 5.32 Å². The molecule has 0 radical (unpaired) electrons. The molecule has 2 amide bonds. The molecule has 7 heteroatoms. The number of methoxy groups -OCH3 is 3. The van der Waals surface area contributed by atoms with Crippen molar-refractivity contribution in [2.24, 2.45) is 0 Å². The molecule has 3 aromatic rings. The van der Waals surface area contributed by atoms with Gasteiger partial charge in [0.1, 0.15) is 5.75 Å². The lowest BCUT2D eigenvalue weighted by molar-refractivity contribution is -0.120. The number of ether oxygens (including phenoxy) is 3. The summed E-state index contributed by atoms with van der Waals surface area (Å²) in [4.78, 5) is 27.7. The molecule has 0 bridgehead atoms. The van der Waals surface area contributed by atoms with Gasteiger partial charge in [0.15, 0.2) is 11.5 Å². The number of hydrogen-bond donors (Lipinski definition) is 1. The lowest BCUT2D eigenvalue weighted by Gasteiger charge is -2.23. The molecule has 3 aromatic carbocycles. The monoisotopic (exact) mass is 474 g/mol. The number of anilines is 1. The minimum atomic E-state index is -0.0998. The summed E-state index contributed by atoms with van der Waals surface area (Å²) in [5, 5.41) is 2.98. The standard InChI is InChI=1S/C28H30N2O5/c1-18-13-22-7-5-20(14-24(22)30(18)28(32)21-8-10-23(33-2)11-9-21)17-29-27(31)16-19-6-12-25(34-3)26(15-19)35-4/h5-12,14-15,18H,13,16-17H2,1-4H3,(H,29,31). The maximum absolute atomic E-state index is 13.3. The molecule has 0 spiro atoms. The van der Waals surface area contributed by atoms with E-state index < -0.39 is 0 Å². The van der Waals surface area contributed by atoms with Crippen LogP contribution in [0.5, 0.6) is 17.2 Å². The Morgan fingerprint density at radius 3 is 2.29 bits per heavy atom. The number of amides is 2. The fourth-order valence-corrected chi connectivity index (χ4v) is 4.38. The Labute approximate surface area is 205 Å². The first-order valence-electron chi connectivity index (χ1n) is 11.5. The van der Waals surface area contributed by atoms with Crippen LogP contribution in [0.2, 0.25) is 0 Å². The molecule has 0 saturated heterocycles. The zero-order valence-electron chi connectivity index (χ0n) is 20.5. The third-order valence-corrected chi connectivity index (χ3v) is 6.22. The maximum atomic E-state index is 13.3. The molecule has 0 saturated carbocycles. The molecule has 1 atom stereocenters. The minimum absolute atomic E-state index is 0.0476. The van der Waals surface area contributed by atoms with Crippen molar-refractivity contribution in [1.29, 1.82) is 0 Å². The Hall–Kier alpha value is -4.00. The molecule has 7 nitrogen and oxygen atoms in total. The van der Waals surface area contributed by atoms with Crippen LogP contribution >= 0.6 is 0 Å². The van der Waals surface area contributed by atoms with Crippen molar-refractivity contribution in [2.75, 3.05) is 26.2 Å². The van der Waals surface area contributed by atoms with E-state index in [9.17, 15) is 9.59 Å². The molecular weight excluding hydrogens is 444 g/mol. The lowest BCUT2D eigenvalue weighted by Crippen LogP contribution is -2.35. The summed E-state index contributed by atoms with van der Waals surface area (Å²) in [6.45, 7) is 2.42. The van der Waals surface area contributed by atoms with Crippen LogP contribution in [-0.4, -0.2) is 39.2 Å². The average molecular weight is 475 g/mol. The van der Waals surface area contributed by atoms with Crippen molar-refractivity contribution in [2.45, 2.75) is 32.4 Å². The number of fused-ring (bicyclic) bond motifs is 1. The number of carbonyl (C=O) groups excluding carboxylic acids is 2. The molecule has 1 aliphatic heterocycles. The summed E-state index contributed by atoms with van der Waals surface area (Å²) in [7, 11) is 4.75. The van der Waals surface area contributed by atoms with E-state index in [4.69, 9.17) is 14.2 Å².